The number of aliphatic imine (C=N–C) groups is 1. The Kier molecular flexibility index (Phi) is 7.74. The average Bonchev–Trinajstić information content (AvgIpc) is 3.25. The first-order chi connectivity index (χ1) is 19.4. The van der Waals surface area contributed by atoms with Crippen LogP contribution in [0.4, 0.5) is 13.2 Å². The number of nitrogens with two attached hydrogens (primary N) is 1. The maximum Gasteiger partial charge on any atom is 0.395 e. The molecular weight excluding hydrogens is 529 g/mol. The number of alkyl halides is 3. The molecule has 0 saturated heterocycles. The van der Waals surface area contributed by atoms with E-state index in [1.807, 2.05) is 19.1 Å². The molecule has 0 bridgehead atoms. The van der Waals surface area contributed by atoms with Crippen LogP contribution in [-0.2, 0) is 16.0 Å². The Morgan fingerprint density at radius 1 is 1.15 bits per heavy atom. The summed E-state index contributed by atoms with van der Waals surface area (Å²) in [6, 6.07) is 10.1. The van der Waals surface area contributed by atoms with Crippen molar-refractivity contribution in [3.8, 4) is 0 Å². The molecule has 2 aliphatic carbocycles. The monoisotopic (exact) mass is 566 g/mol. The van der Waals surface area contributed by atoms with E-state index in [4.69, 9.17) is 5.73 Å². The molecule has 1 aliphatic heterocycles. The molecule has 6 nitrogen and oxygen atoms in total. The summed E-state index contributed by atoms with van der Waals surface area (Å²) in [6.45, 7) is 6.24. The third kappa shape index (κ3) is 6.04. The number of fused-ring (bicyclic) bond motifs is 2. The van der Waals surface area contributed by atoms with Gasteiger partial charge in [0.1, 0.15) is 0 Å². The molecule has 2 amide bonds. The molecule has 218 valence electrons. The van der Waals surface area contributed by atoms with E-state index in [-0.39, 0.29) is 47.8 Å². The fraction of sp³-hybridized carbons (Fsp3) is 0.469. The summed E-state index contributed by atoms with van der Waals surface area (Å²) in [4.78, 5) is 30.2. The van der Waals surface area contributed by atoms with Crippen LogP contribution >= 0.6 is 0 Å². The molecule has 0 spiro atoms. The highest BCUT2D eigenvalue weighted by molar-refractivity contribution is 5.99. The number of guanidine groups is 1. The molecule has 1 heterocycles. The first kappa shape index (κ1) is 28.9. The number of hydrogen-bond donors (Lipinski definition) is 2. The highest BCUT2D eigenvalue weighted by Crippen LogP contribution is 2.51. The van der Waals surface area contributed by atoms with Gasteiger partial charge in [0.25, 0.3) is 0 Å². The molecule has 2 aromatic carbocycles. The van der Waals surface area contributed by atoms with Gasteiger partial charge in [0.2, 0.25) is 12.3 Å². The van der Waals surface area contributed by atoms with Crippen molar-refractivity contribution in [1.29, 1.82) is 0 Å². The Labute approximate surface area is 238 Å². The number of amides is 2. The molecule has 3 unspecified atom stereocenters. The van der Waals surface area contributed by atoms with E-state index in [2.05, 4.69) is 42.4 Å². The second kappa shape index (κ2) is 11.0. The summed E-state index contributed by atoms with van der Waals surface area (Å²) < 4.78 is 41.4. The van der Waals surface area contributed by atoms with Crippen LogP contribution in [0.2, 0.25) is 0 Å². The van der Waals surface area contributed by atoms with Crippen LogP contribution in [0.3, 0.4) is 0 Å². The van der Waals surface area contributed by atoms with E-state index in [0.29, 0.717) is 18.4 Å². The summed E-state index contributed by atoms with van der Waals surface area (Å²) in [7, 11) is 0. The summed E-state index contributed by atoms with van der Waals surface area (Å²) in [5.41, 5.74) is 11.3. The zero-order valence-corrected chi connectivity index (χ0v) is 23.7. The number of allylic oxidation sites excluding steroid dienone is 1. The van der Waals surface area contributed by atoms with Gasteiger partial charge >= 0.3 is 6.18 Å². The Balaban J connectivity index is 1.25. The van der Waals surface area contributed by atoms with Crippen molar-refractivity contribution < 1.29 is 22.8 Å². The fourth-order valence-corrected chi connectivity index (χ4v) is 6.75. The van der Waals surface area contributed by atoms with Gasteiger partial charge in [-0.3, -0.25) is 14.5 Å². The fourth-order valence-electron chi connectivity index (χ4n) is 6.75. The SMILES string of the molecule is Cc1ccc2c(c1)[C@H](N1C(=O)CC(CC/C=C\c3ccc4c(c3)C(NC=O)CC(C)(C)C4)N=C1N)CC2C(F)(F)F. The maximum absolute atomic E-state index is 13.8. The van der Waals surface area contributed by atoms with Crippen LogP contribution in [0.25, 0.3) is 6.08 Å². The largest absolute Gasteiger partial charge is 0.395 e. The van der Waals surface area contributed by atoms with Crippen LogP contribution in [-0.4, -0.2) is 35.4 Å². The smallest absolute Gasteiger partial charge is 0.369 e. The Morgan fingerprint density at radius 3 is 2.63 bits per heavy atom. The lowest BCUT2D eigenvalue weighted by Gasteiger charge is -2.37. The maximum atomic E-state index is 13.8. The number of carbonyl (C=O) groups excluding carboxylic acids is 2. The van der Waals surface area contributed by atoms with Crippen molar-refractivity contribution in [2.75, 3.05) is 0 Å². The summed E-state index contributed by atoms with van der Waals surface area (Å²) in [5, 5.41) is 2.96. The van der Waals surface area contributed by atoms with E-state index in [1.165, 1.54) is 16.5 Å². The minimum absolute atomic E-state index is 0.0122. The molecule has 41 heavy (non-hydrogen) atoms. The van der Waals surface area contributed by atoms with Crippen LogP contribution in [0.5, 0.6) is 0 Å². The highest BCUT2D eigenvalue weighted by atomic mass is 19.4. The van der Waals surface area contributed by atoms with E-state index >= 15 is 0 Å². The van der Waals surface area contributed by atoms with Crippen LogP contribution in [0.1, 0.15) is 97.3 Å². The summed E-state index contributed by atoms with van der Waals surface area (Å²) in [6.07, 6.45) is 3.36. The molecule has 3 N–H and O–H groups in total. The van der Waals surface area contributed by atoms with E-state index in [0.717, 1.165) is 35.9 Å². The lowest BCUT2D eigenvalue weighted by atomic mass is 9.71. The number of rotatable bonds is 7. The quantitative estimate of drug-likeness (QED) is 0.388. The first-order valence-electron chi connectivity index (χ1n) is 14.2. The van der Waals surface area contributed by atoms with Gasteiger partial charge < -0.3 is 11.1 Å². The summed E-state index contributed by atoms with van der Waals surface area (Å²) >= 11 is 0. The number of aryl methyl sites for hydroxylation is 1. The van der Waals surface area contributed by atoms with Gasteiger partial charge in [0, 0.05) is 6.42 Å². The molecule has 0 radical (unpaired) electrons. The molecule has 0 aromatic heterocycles. The van der Waals surface area contributed by atoms with Gasteiger partial charge in [-0.25, -0.2) is 4.99 Å². The average molecular weight is 567 g/mol. The van der Waals surface area contributed by atoms with Crippen LogP contribution < -0.4 is 11.1 Å². The van der Waals surface area contributed by atoms with Crippen molar-refractivity contribution >= 4 is 24.4 Å². The molecule has 0 fully saturated rings. The molecule has 0 saturated carbocycles. The van der Waals surface area contributed by atoms with Crippen molar-refractivity contribution in [2.45, 2.75) is 89.5 Å². The predicted molar refractivity (Wildman–Crippen MR) is 153 cm³/mol. The number of nitrogens with zero attached hydrogens (tertiary/aromatic N) is 2. The molecule has 3 aliphatic rings. The topological polar surface area (TPSA) is 87.8 Å². The van der Waals surface area contributed by atoms with Crippen molar-refractivity contribution in [3.05, 3.63) is 75.9 Å². The third-order valence-electron chi connectivity index (χ3n) is 8.60. The van der Waals surface area contributed by atoms with E-state index in [1.54, 1.807) is 12.1 Å². The molecule has 9 heteroatoms. The van der Waals surface area contributed by atoms with Gasteiger partial charge in [0.05, 0.1) is 24.0 Å². The van der Waals surface area contributed by atoms with Crippen molar-refractivity contribution in [1.82, 2.24) is 10.2 Å². The number of benzene rings is 2. The lowest BCUT2D eigenvalue weighted by Crippen LogP contribution is -2.48. The summed E-state index contributed by atoms with van der Waals surface area (Å²) in [5.74, 6) is -1.94. The number of halogens is 3. The Morgan fingerprint density at radius 2 is 1.93 bits per heavy atom. The Hall–Kier alpha value is -3.62. The number of hydrogen-bond acceptors (Lipinski definition) is 4. The third-order valence-corrected chi connectivity index (χ3v) is 8.60. The number of nitrogens with one attached hydrogen (secondary N) is 1. The van der Waals surface area contributed by atoms with Gasteiger partial charge in [-0.15, -0.1) is 0 Å². The molecule has 5 rings (SSSR count). The van der Waals surface area contributed by atoms with Crippen LogP contribution in [0, 0.1) is 12.3 Å². The molecular formula is C32H37F3N4O2. The van der Waals surface area contributed by atoms with E-state index in [9.17, 15) is 22.8 Å². The second-order valence-electron chi connectivity index (χ2n) is 12.4. The standard InChI is InChI=1S/C32H37F3N4O2/c1-19-8-11-23-25(12-19)28(15-26(23)32(33,34)35)39-29(41)14-22(38-30(39)36)7-5-4-6-20-9-10-21-16-31(2,3)17-27(37-18-40)24(21)13-20/h4,6,8-13,18,22,26-28H,5,7,14-17H2,1-3H3,(H2,36,38)(H,37,40)/b6-4-/t22?,26?,27?,28-/m1/s1. The van der Waals surface area contributed by atoms with Gasteiger partial charge in [-0.1, -0.05) is 61.9 Å². The van der Waals surface area contributed by atoms with Gasteiger partial charge in [-0.05, 0) is 78.3 Å². The zero-order valence-electron chi connectivity index (χ0n) is 23.7. The van der Waals surface area contributed by atoms with Crippen molar-refractivity contribution in [2.24, 2.45) is 16.1 Å². The van der Waals surface area contributed by atoms with Gasteiger partial charge in [-0.2, -0.15) is 13.2 Å². The predicted octanol–water partition coefficient (Wildman–Crippen LogP) is 6.25. The van der Waals surface area contributed by atoms with Crippen LogP contribution in [0.15, 0.2) is 47.5 Å². The molecule has 4 atom stereocenters. The lowest BCUT2D eigenvalue weighted by molar-refractivity contribution is -0.153. The number of carbonyl (C=O) groups is 2. The van der Waals surface area contributed by atoms with E-state index < -0.39 is 18.1 Å². The zero-order chi connectivity index (χ0) is 29.5. The minimum Gasteiger partial charge on any atom is -0.369 e. The second-order valence-corrected chi connectivity index (χ2v) is 12.4. The molecule has 2 aromatic rings. The van der Waals surface area contributed by atoms with Gasteiger partial charge in [0.15, 0.2) is 5.96 Å². The normalized spacial score (nSPS) is 25.6. The Bertz CT molecular complexity index is 1400. The van der Waals surface area contributed by atoms with Crippen molar-refractivity contribution in [3.63, 3.8) is 0 Å². The minimum atomic E-state index is -4.40. The highest BCUT2D eigenvalue weighted by Gasteiger charge is 2.50. The first-order valence-corrected chi connectivity index (χ1v) is 14.2.